The molecule has 15 heavy (non-hydrogen) atoms. The van der Waals surface area contributed by atoms with E-state index in [2.05, 4.69) is 18.2 Å². The van der Waals surface area contributed by atoms with Gasteiger partial charge in [-0.25, -0.2) is 0 Å². The molecule has 1 aliphatic carbocycles. The van der Waals surface area contributed by atoms with Gasteiger partial charge in [-0.3, -0.25) is 0 Å². The van der Waals surface area contributed by atoms with E-state index in [1.165, 1.54) is 11.8 Å². The molecule has 1 nitrogen and oxygen atoms in total. The van der Waals surface area contributed by atoms with Crippen molar-refractivity contribution in [2.75, 3.05) is 0 Å². The van der Waals surface area contributed by atoms with Gasteiger partial charge in [0.05, 0.1) is 6.26 Å². The highest BCUT2D eigenvalue weighted by molar-refractivity contribution is 5.87. The van der Waals surface area contributed by atoms with Crippen molar-refractivity contribution in [2.45, 2.75) is 0 Å². The second kappa shape index (κ2) is 2.99. The lowest BCUT2D eigenvalue weighted by Crippen LogP contribution is -2.26. The average Bonchev–Trinajstić information content (AvgIpc) is 2.73. The van der Waals surface area contributed by atoms with Gasteiger partial charge in [-0.05, 0) is 27.6 Å². The van der Waals surface area contributed by atoms with E-state index in [1.807, 2.05) is 30.4 Å². The number of rotatable bonds is 0. The summed E-state index contributed by atoms with van der Waals surface area (Å²) in [7, 11) is 0. The maximum atomic E-state index is 9.33. The van der Waals surface area contributed by atoms with Crippen molar-refractivity contribution in [3.8, 4) is 0 Å². The van der Waals surface area contributed by atoms with Crippen molar-refractivity contribution in [3.05, 3.63) is 52.4 Å². The van der Waals surface area contributed by atoms with Crippen LogP contribution in [0.15, 0.2) is 36.4 Å². The summed E-state index contributed by atoms with van der Waals surface area (Å²) in [5.41, 5.74) is 1.18. The van der Waals surface area contributed by atoms with Crippen LogP contribution in [0.2, 0.25) is 0 Å². The summed E-state index contributed by atoms with van der Waals surface area (Å²) < 4.78 is 0. The van der Waals surface area contributed by atoms with Crippen molar-refractivity contribution in [1.82, 2.24) is 0 Å². The molecule has 72 valence electrons. The Labute approximate surface area is 87.3 Å². The van der Waals surface area contributed by atoms with Gasteiger partial charge in [0.25, 0.3) is 0 Å². The minimum atomic E-state index is 0.910. The van der Waals surface area contributed by atoms with Crippen LogP contribution in [0.25, 0.3) is 29.2 Å². The minimum Gasteiger partial charge on any atom is -0.515 e. The van der Waals surface area contributed by atoms with Gasteiger partial charge in [-0.1, -0.05) is 42.5 Å². The molecule has 0 amide bonds. The predicted octanol–water partition coefficient (Wildman–Crippen LogP) is 1.94. The lowest BCUT2D eigenvalue weighted by molar-refractivity contribution is 0.540. The zero-order valence-corrected chi connectivity index (χ0v) is 8.14. The molecule has 0 atom stereocenters. The number of aliphatic hydroxyl groups excluding tert-OH is 1. The Morgan fingerprint density at radius 1 is 1.13 bits per heavy atom. The quantitative estimate of drug-likeness (QED) is 0.679. The van der Waals surface area contributed by atoms with Gasteiger partial charge in [0, 0.05) is 5.22 Å². The molecule has 0 aliphatic heterocycles. The number of hydrogen-bond donors (Lipinski definition) is 1. The van der Waals surface area contributed by atoms with E-state index in [0.29, 0.717) is 0 Å². The molecule has 0 spiro atoms. The topological polar surface area (TPSA) is 20.2 Å². The van der Waals surface area contributed by atoms with Crippen molar-refractivity contribution >= 4 is 29.2 Å². The Bertz CT molecular complexity index is 678. The molecule has 0 unspecified atom stereocenters. The fourth-order valence-corrected chi connectivity index (χ4v) is 2.13. The molecule has 2 aromatic rings. The first-order valence-corrected chi connectivity index (χ1v) is 4.95. The molecule has 2 aromatic carbocycles. The van der Waals surface area contributed by atoms with Crippen LogP contribution in [0.1, 0.15) is 5.56 Å². The van der Waals surface area contributed by atoms with Crippen LogP contribution in [0.5, 0.6) is 0 Å². The van der Waals surface area contributed by atoms with Gasteiger partial charge in [0.15, 0.2) is 0 Å². The van der Waals surface area contributed by atoms with Crippen LogP contribution < -0.4 is 10.4 Å². The summed E-state index contributed by atoms with van der Waals surface area (Å²) in [6.45, 7) is 0. The second-order valence-corrected chi connectivity index (χ2v) is 3.67. The summed E-state index contributed by atoms with van der Waals surface area (Å²) in [5, 5.41) is 13.6. The third-order valence-corrected chi connectivity index (χ3v) is 2.83. The monoisotopic (exact) mass is 194 g/mol. The van der Waals surface area contributed by atoms with E-state index in [4.69, 9.17) is 0 Å². The number of fused-ring (bicyclic) bond motifs is 2. The molecular weight excluding hydrogens is 184 g/mol. The van der Waals surface area contributed by atoms with Gasteiger partial charge in [0.2, 0.25) is 0 Å². The van der Waals surface area contributed by atoms with Crippen molar-refractivity contribution in [1.29, 1.82) is 0 Å². The fourth-order valence-electron chi connectivity index (χ4n) is 2.13. The van der Waals surface area contributed by atoms with Crippen LogP contribution >= 0.6 is 0 Å². The minimum absolute atomic E-state index is 0.910. The lowest BCUT2D eigenvalue weighted by atomic mass is 10.0. The van der Waals surface area contributed by atoms with E-state index in [0.717, 1.165) is 21.2 Å². The molecule has 1 N–H and O–H groups in total. The van der Waals surface area contributed by atoms with Crippen LogP contribution in [0.3, 0.4) is 0 Å². The van der Waals surface area contributed by atoms with E-state index in [1.54, 1.807) is 0 Å². The standard InChI is InChI=1S/C14H10O/c15-9-14-12-6-2-1-4-10(12)8-11-5-3-7-13(11)14/h1-9,15H. The maximum Gasteiger partial charge on any atom is 0.0876 e. The molecule has 0 aromatic heterocycles. The molecule has 0 fully saturated rings. The number of aliphatic hydroxyl groups is 1. The van der Waals surface area contributed by atoms with Gasteiger partial charge < -0.3 is 5.11 Å². The Hall–Kier alpha value is -2.02. The van der Waals surface area contributed by atoms with Crippen LogP contribution in [-0.2, 0) is 0 Å². The number of hydrogen-bond acceptors (Lipinski definition) is 1. The van der Waals surface area contributed by atoms with Crippen LogP contribution in [-0.4, -0.2) is 5.11 Å². The summed E-state index contributed by atoms with van der Waals surface area (Å²) in [4.78, 5) is 0. The SMILES string of the molecule is OC=c1c2c(cc3ccccc13)C=CC=2. The normalized spacial score (nSPS) is 14.3. The number of allylic oxidation sites excluding steroid dienone is 1. The van der Waals surface area contributed by atoms with Crippen molar-refractivity contribution < 1.29 is 5.11 Å². The predicted molar refractivity (Wildman–Crippen MR) is 63.8 cm³/mol. The third kappa shape index (κ3) is 1.10. The van der Waals surface area contributed by atoms with Gasteiger partial charge in [-0.15, -0.1) is 0 Å². The van der Waals surface area contributed by atoms with Crippen LogP contribution in [0, 0.1) is 0 Å². The summed E-state index contributed by atoms with van der Waals surface area (Å²) in [6, 6.07) is 10.2. The average molecular weight is 194 g/mol. The molecule has 0 heterocycles. The highest BCUT2D eigenvalue weighted by atomic mass is 16.2. The molecule has 3 rings (SSSR count). The molecule has 0 bridgehead atoms. The highest BCUT2D eigenvalue weighted by Crippen LogP contribution is 2.12. The Kier molecular flexibility index (Phi) is 1.65. The van der Waals surface area contributed by atoms with E-state index in [-0.39, 0.29) is 0 Å². The summed E-state index contributed by atoms with van der Waals surface area (Å²) >= 11 is 0. The number of benzene rings is 2. The molecule has 0 saturated heterocycles. The van der Waals surface area contributed by atoms with Gasteiger partial charge in [-0.2, -0.15) is 0 Å². The molecular formula is C14H10O. The summed E-state index contributed by atoms with van der Waals surface area (Å²) in [5.74, 6) is 0. The Morgan fingerprint density at radius 2 is 2.00 bits per heavy atom. The van der Waals surface area contributed by atoms with E-state index in [9.17, 15) is 5.11 Å². The third-order valence-electron chi connectivity index (χ3n) is 2.83. The highest BCUT2D eigenvalue weighted by Gasteiger charge is 2.03. The summed E-state index contributed by atoms with van der Waals surface area (Å²) in [6.07, 6.45) is 7.31. The first-order valence-electron chi connectivity index (χ1n) is 4.95. The van der Waals surface area contributed by atoms with Gasteiger partial charge >= 0.3 is 0 Å². The van der Waals surface area contributed by atoms with Gasteiger partial charge in [0.1, 0.15) is 0 Å². The lowest BCUT2D eigenvalue weighted by Gasteiger charge is -2.01. The molecule has 1 aliphatic rings. The fraction of sp³-hybridized carbons (Fsp3) is 0. The molecule has 0 saturated carbocycles. The van der Waals surface area contributed by atoms with Crippen molar-refractivity contribution in [2.24, 2.45) is 0 Å². The van der Waals surface area contributed by atoms with Crippen molar-refractivity contribution in [3.63, 3.8) is 0 Å². The van der Waals surface area contributed by atoms with Crippen LogP contribution in [0.4, 0.5) is 0 Å². The largest absolute Gasteiger partial charge is 0.515 e. The Morgan fingerprint density at radius 3 is 2.87 bits per heavy atom. The first-order chi connectivity index (χ1) is 7.40. The second-order valence-electron chi connectivity index (χ2n) is 3.67. The maximum absolute atomic E-state index is 9.33. The zero-order valence-electron chi connectivity index (χ0n) is 8.14. The van der Waals surface area contributed by atoms with E-state index < -0.39 is 0 Å². The zero-order chi connectivity index (χ0) is 10.3. The molecule has 0 radical (unpaired) electrons. The smallest absolute Gasteiger partial charge is 0.0876 e. The van der Waals surface area contributed by atoms with E-state index >= 15 is 0 Å². The molecule has 1 heteroatoms. The Balaban J connectivity index is 2.66. The first kappa shape index (κ1) is 8.30.